The van der Waals surface area contributed by atoms with Crippen LogP contribution in [0.1, 0.15) is 18.2 Å². The molecule has 192 valence electrons. The van der Waals surface area contributed by atoms with Crippen molar-refractivity contribution in [1.29, 1.82) is 0 Å². The number of ether oxygens (including phenoxy) is 2. The number of cyclic esters (lactones) is 1. The van der Waals surface area contributed by atoms with Gasteiger partial charge < -0.3 is 15.2 Å². The van der Waals surface area contributed by atoms with Crippen molar-refractivity contribution in [2.75, 3.05) is 18.1 Å². The molecular weight excluding hydrogens is 491 g/mol. The van der Waals surface area contributed by atoms with Gasteiger partial charge >= 0.3 is 12.5 Å². The number of alkyl halides is 3. The highest BCUT2D eigenvalue weighted by molar-refractivity contribution is 6.08. The molecule has 2 aromatic carbocycles. The maximum atomic E-state index is 12.8. The molecule has 0 bridgehead atoms. The SMILES string of the molecule is CC(N)=CC(=Nc1cccc(OC(F)(F)F)c1)c1nn(-c2ccc(N3CCOC3=O)cc2C)ccc1=O. The summed E-state index contributed by atoms with van der Waals surface area (Å²) in [5.74, 6) is -0.461. The Labute approximate surface area is 209 Å². The van der Waals surface area contributed by atoms with E-state index in [9.17, 15) is 22.8 Å². The Balaban J connectivity index is 1.74. The first-order valence-electron chi connectivity index (χ1n) is 11.0. The van der Waals surface area contributed by atoms with E-state index in [0.717, 1.165) is 17.7 Å². The number of carbonyl (C=O) groups excluding carboxylic acids is 1. The normalized spacial score (nSPS) is 14.6. The number of carbonyl (C=O) groups is 1. The minimum Gasteiger partial charge on any atom is -0.447 e. The largest absolute Gasteiger partial charge is 0.573 e. The van der Waals surface area contributed by atoms with Gasteiger partial charge in [0.1, 0.15) is 12.4 Å². The summed E-state index contributed by atoms with van der Waals surface area (Å²) in [5, 5.41) is 4.43. The first-order valence-corrected chi connectivity index (χ1v) is 11.0. The molecule has 0 spiro atoms. The van der Waals surface area contributed by atoms with Gasteiger partial charge in [-0.2, -0.15) is 5.10 Å². The van der Waals surface area contributed by atoms with Gasteiger partial charge in [0.25, 0.3) is 0 Å². The molecule has 1 aliphatic heterocycles. The van der Waals surface area contributed by atoms with Crippen molar-refractivity contribution >= 4 is 23.2 Å². The van der Waals surface area contributed by atoms with Gasteiger partial charge in [-0.3, -0.25) is 9.69 Å². The second-order valence-electron chi connectivity index (χ2n) is 8.14. The number of anilines is 1. The van der Waals surface area contributed by atoms with Gasteiger partial charge in [0.05, 0.1) is 23.6 Å². The summed E-state index contributed by atoms with van der Waals surface area (Å²) in [7, 11) is 0. The number of hydrogen-bond donors (Lipinski definition) is 1. The summed E-state index contributed by atoms with van der Waals surface area (Å²) < 4.78 is 48.3. The predicted molar refractivity (Wildman–Crippen MR) is 131 cm³/mol. The zero-order valence-electron chi connectivity index (χ0n) is 19.8. The predicted octanol–water partition coefficient (Wildman–Crippen LogP) is 4.38. The van der Waals surface area contributed by atoms with Gasteiger partial charge in [-0.25, -0.2) is 14.5 Å². The zero-order chi connectivity index (χ0) is 26.7. The molecule has 0 atom stereocenters. The first-order chi connectivity index (χ1) is 17.5. The van der Waals surface area contributed by atoms with Crippen molar-refractivity contribution < 1.29 is 27.4 Å². The highest BCUT2D eigenvalue weighted by Gasteiger charge is 2.31. The molecule has 0 aliphatic carbocycles. The smallest absolute Gasteiger partial charge is 0.447 e. The molecule has 1 aromatic heterocycles. The Morgan fingerprint density at radius 1 is 1.19 bits per heavy atom. The fourth-order valence-electron chi connectivity index (χ4n) is 3.67. The highest BCUT2D eigenvalue weighted by Crippen LogP contribution is 2.27. The number of benzene rings is 2. The first kappa shape index (κ1) is 25.5. The zero-order valence-corrected chi connectivity index (χ0v) is 19.8. The van der Waals surface area contributed by atoms with E-state index in [-0.39, 0.29) is 17.1 Å². The van der Waals surface area contributed by atoms with Gasteiger partial charge in [-0.15, -0.1) is 13.2 Å². The van der Waals surface area contributed by atoms with Crippen LogP contribution in [0.3, 0.4) is 0 Å². The lowest BCUT2D eigenvalue weighted by Gasteiger charge is -2.16. The fourth-order valence-corrected chi connectivity index (χ4v) is 3.67. The number of amides is 1. The molecule has 0 saturated carbocycles. The number of allylic oxidation sites excluding steroid dienone is 2. The quantitative estimate of drug-likeness (QED) is 0.490. The van der Waals surface area contributed by atoms with Crippen LogP contribution in [0.15, 0.2) is 76.3 Å². The summed E-state index contributed by atoms with van der Waals surface area (Å²) >= 11 is 0. The maximum absolute atomic E-state index is 12.8. The molecule has 3 aromatic rings. The number of nitrogens with zero attached hydrogens (tertiary/aromatic N) is 4. The molecule has 1 amide bonds. The van der Waals surface area contributed by atoms with Gasteiger partial charge in [-0.05, 0) is 55.8 Å². The minimum atomic E-state index is -4.86. The van der Waals surface area contributed by atoms with Crippen LogP contribution in [-0.2, 0) is 4.74 Å². The molecule has 0 radical (unpaired) electrons. The molecule has 1 aliphatic rings. The Hall–Kier alpha value is -4.61. The maximum Gasteiger partial charge on any atom is 0.573 e. The Morgan fingerprint density at radius 2 is 1.97 bits per heavy atom. The molecule has 1 fully saturated rings. The molecule has 9 nitrogen and oxygen atoms in total. The summed E-state index contributed by atoms with van der Waals surface area (Å²) in [6.45, 7) is 4.15. The number of rotatable bonds is 6. The van der Waals surface area contributed by atoms with Crippen LogP contribution in [0.25, 0.3) is 5.69 Å². The second kappa shape index (κ2) is 10.2. The Morgan fingerprint density at radius 3 is 2.62 bits per heavy atom. The molecule has 2 N–H and O–H groups in total. The van der Waals surface area contributed by atoms with Gasteiger partial charge in [0.2, 0.25) is 5.43 Å². The van der Waals surface area contributed by atoms with Crippen molar-refractivity contribution in [1.82, 2.24) is 9.78 Å². The average molecular weight is 513 g/mol. The molecule has 4 rings (SSSR count). The number of aliphatic imine (C=N–C) groups is 1. The third-order valence-electron chi connectivity index (χ3n) is 5.22. The molecule has 37 heavy (non-hydrogen) atoms. The molecule has 12 heteroatoms. The van der Waals surface area contributed by atoms with E-state index in [1.54, 1.807) is 25.1 Å². The lowest BCUT2D eigenvalue weighted by atomic mass is 10.1. The van der Waals surface area contributed by atoms with Crippen molar-refractivity contribution in [3.8, 4) is 11.4 Å². The standard InChI is InChI=1S/C25H22F3N5O4/c1-15-12-18(32-10-11-36-24(32)35)6-7-21(15)33-9-8-22(34)23(31-33)20(13-16(2)29)30-17-4-3-5-19(14-17)37-25(26,27)28/h3-9,12-14H,10-11,29H2,1-2H3. The summed E-state index contributed by atoms with van der Waals surface area (Å²) in [5.41, 5.74) is 7.81. The number of aryl methyl sites for hydroxylation is 1. The Kier molecular flexibility index (Phi) is 7.00. The minimum absolute atomic E-state index is 0.0533. The summed E-state index contributed by atoms with van der Waals surface area (Å²) in [4.78, 5) is 30.5. The fraction of sp³-hybridized carbons (Fsp3) is 0.200. The third-order valence-corrected chi connectivity index (χ3v) is 5.22. The lowest BCUT2D eigenvalue weighted by molar-refractivity contribution is -0.274. The van der Waals surface area contributed by atoms with Gasteiger partial charge in [0, 0.05) is 29.7 Å². The monoisotopic (exact) mass is 513 g/mol. The molecular formula is C25H22F3N5O4. The van der Waals surface area contributed by atoms with Crippen molar-refractivity contribution in [3.63, 3.8) is 0 Å². The van der Waals surface area contributed by atoms with Crippen LogP contribution in [0.4, 0.5) is 29.3 Å². The van der Waals surface area contributed by atoms with Crippen LogP contribution < -0.4 is 20.8 Å². The van der Waals surface area contributed by atoms with E-state index in [4.69, 9.17) is 10.5 Å². The van der Waals surface area contributed by atoms with Crippen molar-refractivity contribution in [2.24, 2.45) is 10.7 Å². The van der Waals surface area contributed by atoms with Crippen LogP contribution in [-0.4, -0.2) is 41.1 Å². The van der Waals surface area contributed by atoms with Crippen LogP contribution >= 0.6 is 0 Å². The molecule has 1 saturated heterocycles. The van der Waals surface area contributed by atoms with E-state index in [2.05, 4.69) is 14.8 Å². The van der Waals surface area contributed by atoms with Crippen molar-refractivity contribution in [2.45, 2.75) is 20.2 Å². The summed E-state index contributed by atoms with van der Waals surface area (Å²) in [6.07, 6.45) is -2.41. The molecule has 2 heterocycles. The van der Waals surface area contributed by atoms with Crippen LogP contribution in [0, 0.1) is 6.92 Å². The van der Waals surface area contributed by atoms with E-state index in [1.165, 1.54) is 40.1 Å². The van der Waals surface area contributed by atoms with E-state index < -0.39 is 23.6 Å². The second-order valence-corrected chi connectivity index (χ2v) is 8.14. The average Bonchev–Trinajstić information content (AvgIpc) is 3.24. The third kappa shape index (κ3) is 6.15. The van der Waals surface area contributed by atoms with Gasteiger partial charge in [0.15, 0.2) is 5.69 Å². The number of aromatic nitrogens is 2. The number of hydrogen-bond acceptors (Lipinski definition) is 7. The summed E-state index contributed by atoms with van der Waals surface area (Å²) in [6, 6.07) is 11.6. The highest BCUT2D eigenvalue weighted by atomic mass is 19.4. The van der Waals surface area contributed by atoms with Crippen LogP contribution in [0.2, 0.25) is 0 Å². The van der Waals surface area contributed by atoms with E-state index in [1.807, 2.05) is 6.92 Å². The van der Waals surface area contributed by atoms with E-state index >= 15 is 0 Å². The van der Waals surface area contributed by atoms with Crippen LogP contribution in [0.5, 0.6) is 5.75 Å². The number of nitrogens with two attached hydrogens (primary N) is 1. The van der Waals surface area contributed by atoms with Crippen molar-refractivity contribution in [3.05, 3.63) is 88.0 Å². The van der Waals surface area contributed by atoms with Gasteiger partial charge in [-0.1, -0.05) is 6.07 Å². The Bertz CT molecular complexity index is 1460. The topological polar surface area (TPSA) is 112 Å². The molecule has 0 unspecified atom stereocenters. The lowest BCUT2D eigenvalue weighted by Crippen LogP contribution is -2.24. The number of halogens is 3. The van der Waals surface area contributed by atoms with E-state index in [0.29, 0.717) is 30.2 Å².